The Bertz CT molecular complexity index is 711. The van der Waals surface area contributed by atoms with Gasteiger partial charge in [0.05, 0.1) is 13.0 Å². The van der Waals surface area contributed by atoms with Crippen LogP contribution < -0.4 is 4.50 Å². The highest BCUT2D eigenvalue weighted by molar-refractivity contribution is 7.26. The third kappa shape index (κ3) is 3.41. The van der Waals surface area contributed by atoms with Crippen LogP contribution in [0.15, 0.2) is 12.1 Å². The summed E-state index contributed by atoms with van der Waals surface area (Å²) < 4.78 is 170. The van der Waals surface area contributed by atoms with Crippen LogP contribution in [0.3, 0.4) is 0 Å². The SMILES string of the molecule is C[Si](C)(C)c1ccc(C(F)(F)C(F)(F)C(F)(F)C(F)(F)C(F)(F)C(F)(F)F)s1. The summed E-state index contributed by atoms with van der Waals surface area (Å²) >= 11 is -0.143. The minimum absolute atomic E-state index is 0.0497. The highest BCUT2D eigenvalue weighted by atomic mass is 32.1. The van der Waals surface area contributed by atoms with Gasteiger partial charge in [-0.15, -0.1) is 11.3 Å². The molecule has 1 heterocycles. The summed E-state index contributed by atoms with van der Waals surface area (Å²) in [4.78, 5) is -1.87. The predicted molar refractivity (Wildman–Crippen MR) is 77.0 cm³/mol. The highest BCUT2D eigenvalue weighted by Gasteiger charge is 2.91. The second-order valence-electron chi connectivity index (χ2n) is 6.78. The van der Waals surface area contributed by atoms with Crippen molar-refractivity contribution in [2.45, 2.75) is 55.4 Å². The zero-order valence-electron chi connectivity index (χ0n) is 14.0. The molecule has 0 saturated carbocycles. The van der Waals surface area contributed by atoms with E-state index >= 15 is 0 Å². The molecule has 0 N–H and O–H groups in total. The molecule has 0 amide bonds. The Kier molecular flexibility index (Phi) is 5.82. The number of hydrogen-bond acceptors (Lipinski definition) is 1. The summed E-state index contributed by atoms with van der Waals surface area (Å²) in [5, 5.41) is 0. The van der Waals surface area contributed by atoms with E-state index in [2.05, 4.69) is 0 Å². The van der Waals surface area contributed by atoms with Crippen LogP contribution in [0, 0.1) is 0 Å². The molecule has 0 radical (unpaired) electrons. The van der Waals surface area contributed by atoms with Crippen LogP contribution in [0.25, 0.3) is 0 Å². The van der Waals surface area contributed by atoms with Crippen molar-refractivity contribution in [3.63, 3.8) is 0 Å². The molecule has 1 aromatic heterocycles. The van der Waals surface area contributed by atoms with Crippen LogP contribution in [0.5, 0.6) is 0 Å². The van der Waals surface area contributed by atoms with Crippen molar-refractivity contribution >= 4 is 23.9 Å². The average Bonchev–Trinajstić information content (AvgIpc) is 2.95. The van der Waals surface area contributed by atoms with E-state index in [4.69, 9.17) is 0 Å². The van der Waals surface area contributed by atoms with Crippen molar-refractivity contribution in [3.05, 3.63) is 17.0 Å². The monoisotopic (exact) mass is 474 g/mol. The Morgan fingerprint density at radius 3 is 1.32 bits per heavy atom. The van der Waals surface area contributed by atoms with Crippen molar-refractivity contribution in [2.75, 3.05) is 0 Å². The minimum atomic E-state index is -7.87. The summed E-state index contributed by atoms with van der Waals surface area (Å²) in [5.74, 6) is -36.8. The van der Waals surface area contributed by atoms with Crippen molar-refractivity contribution < 1.29 is 57.1 Å². The first kappa shape index (κ1) is 25.0. The van der Waals surface area contributed by atoms with Gasteiger partial charge in [0, 0.05) is 0 Å². The molecule has 0 atom stereocenters. The van der Waals surface area contributed by atoms with Crippen molar-refractivity contribution in [1.82, 2.24) is 0 Å². The summed E-state index contributed by atoms with van der Waals surface area (Å²) in [6.07, 6.45) is -7.40. The Labute approximate surface area is 154 Å². The quantitative estimate of drug-likeness (QED) is 0.327. The second-order valence-corrected chi connectivity index (χ2v) is 13.3. The number of hydrogen-bond donors (Lipinski definition) is 0. The number of rotatable bonds is 6. The predicted octanol–water partition coefficient (Wildman–Crippen LogP) is 6.49. The maximum absolute atomic E-state index is 14.0. The summed E-state index contributed by atoms with van der Waals surface area (Å²) in [7, 11) is -2.45. The van der Waals surface area contributed by atoms with Gasteiger partial charge in [0.1, 0.15) is 0 Å². The Balaban J connectivity index is 3.55. The molecule has 0 aliphatic heterocycles. The molecule has 164 valence electrons. The van der Waals surface area contributed by atoms with E-state index in [0.29, 0.717) is 0 Å². The van der Waals surface area contributed by atoms with Gasteiger partial charge in [-0.1, -0.05) is 25.7 Å². The standard InChI is InChI=1S/C13H11F13SSi/c1-28(2,3)7-5-4-6(27-7)8(14,15)9(16,17)10(18,19)11(20,21)12(22,23)13(24,25)26/h4-5H,1-3H3. The average molecular weight is 474 g/mol. The van der Waals surface area contributed by atoms with Crippen molar-refractivity contribution in [2.24, 2.45) is 0 Å². The first-order chi connectivity index (χ1) is 12.0. The molecule has 0 spiro atoms. The number of halogens is 13. The molecule has 15 heteroatoms. The van der Waals surface area contributed by atoms with Gasteiger partial charge >= 0.3 is 35.8 Å². The first-order valence-electron chi connectivity index (χ1n) is 7.03. The van der Waals surface area contributed by atoms with E-state index in [0.717, 1.165) is 6.07 Å². The fourth-order valence-electron chi connectivity index (χ4n) is 1.83. The zero-order chi connectivity index (χ0) is 22.8. The lowest BCUT2D eigenvalue weighted by molar-refractivity contribution is -0.441. The third-order valence-electron chi connectivity index (χ3n) is 3.59. The fraction of sp³-hybridized carbons (Fsp3) is 0.692. The van der Waals surface area contributed by atoms with Crippen LogP contribution in [0.4, 0.5) is 57.1 Å². The van der Waals surface area contributed by atoms with E-state index in [1.165, 1.54) is 19.6 Å². The van der Waals surface area contributed by atoms with E-state index in [9.17, 15) is 57.1 Å². The van der Waals surface area contributed by atoms with Crippen molar-refractivity contribution in [1.29, 1.82) is 0 Å². The molecular weight excluding hydrogens is 463 g/mol. The molecule has 0 aliphatic carbocycles. The third-order valence-corrected chi connectivity index (χ3v) is 8.34. The first-order valence-corrected chi connectivity index (χ1v) is 11.3. The molecular formula is C13H11F13SSi. The normalized spacial score (nSPS) is 15.9. The lowest BCUT2D eigenvalue weighted by Gasteiger charge is -2.39. The fourth-order valence-corrected chi connectivity index (χ4v) is 4.74. The maximum atomic E-state index is 14.0. The van der Waals surface area contributed by atoms with Crippen molar-refractivity contribution in [3.8, 4) is 0 Å². The summed E-state index contributed by atoms with van der Waals surface area (Å²) in [6.45, 7) is 4.60. The van der Waals surface area contributed by atoms with Gasteiger partial charge in [-0.05, 0) is 10.6 Å². The van der Waals surface area contributed by atoms with E-state index in [1.807, 2.05) is 0 Å². The smallest absolute Gasteiger partial charge is 0.193 e. The van der Waals surface area contributed by atoms with Gasteiger partial charge in [0.15, 0.2) is 0 Å². The molecule has 0 aliphatic rings. The Morgan fingerprint density at radius 2 is 1.00 bits per heavy atom. The molecule has 28 heavy (non-hydrogen) atoms. The van der Waals surface area contributed by atoms with Gasteiger partial charge in [0.25, 0.3) is 0 Å². The topological polar surface area (TPSA) is 0 Å². The summed E-state index contributed by atoms with van der Waals surface area (Å²) in [6, 6.07) is 1.05. The van der Waals surface area contributed by atoms with E-state index in [-0.39, 0.29) is 21.9 Å². The molecule has 1 rings (SSSR count). The van der Waals surface area contributed by atoms with Crippen LogP contribution >= 0.6 is 11.3 Å². The maximum Gasteiger partial charge on any atom is 0.460 e. The molecule has 0 fully saturated rings. The number of thiophene rings is 1. The lowest BCUT2D eigenvalue weighted by Crippen LogP contribution is -2.69. The zero-order valence-corrected chi connectivity index (χ0v) is 15.8. The van der Waals surface area contributed by atoms with E-state index < -0.39 is 48.7 Å². The molecule has 0 bridgehead atoms. The number of alkyl halides is 13. The van der Waals surface area contributed by atoms with Gasteiger partial charge in [-0.3, -0.25) is 0 Å². The molecule has 0 aromatic carbocycles. The largest absolute Gasteiger partial charge is 0.460 e. The Morgan fingerprint density at radius 1 is 0.607 bits per heavy atom. The van der Waals surface area contributed by atoms with Crippen LogP contribution in [-0.2, 0) is 5.92 Å². The van der Waals surface area contributed by atoms with Gasteiger partial charge < -0.3 is 0 Å². The Hall–Kier alpha value is -0.993. The summed E-state index contributed by atoms with van der Waals surface area (Å²) in [5.41, 5.74) is 0. The highest BCUT2D eigenvalue weighted by Crippen LogP contribution is 2.62. The van der Waals surface area contributed by atoms with Crippen LogP contribution in [0.2, 0.25) is 19.6 Å². The van der Waals surface area contributed by atoms with Gasteiger partial charge in [0.2, 0.25) is 0 Å². The van der Waals surface area contributed by atoms with E-state index in [1.54, 1.807) is 0 Å². The van der Waals surface area contributed by atoms with Crippen LogP contribution in [-0.4, -0.2) is 37.9 Å². The molecule has 0 unspecified atom stereocenters. The lowest BCUT2D eigenvalue weighted by atomic mass is 9.93. The molecule has 0 saturated heterocycles. The minimum Gasteiger partial charge on any atom is -0.193 e. The second kappa shape index (κ2) is 6.50. The molecule has 1 aromatic rings. The van der Waals surface area contributed by atoms with Gasteiger partial charge in [-0.2, -0.15) is 57.1 Å². The molecule has 0 nitrogen and oxygen atoms in total. The van der Waals surface area contributed by atoms with Gasteiger partial charge in [-0.25, -0.2) is 0 Å². The van der Waals surface area contributed by atoms with Crippen LogP contribution in [0.1, 0.15) is 4.88 Å².